The molecule has 0 radical (unpaired) electrons. The highest BCUT2D eigenvalue weighted by Crippen LogP contribution is 2.31. The molecule has 1 aliphatic heterocycles. The van der Waals surface area contributed by atoms with E-state index in [0.29, 0.717) is 31.5 Å². The third-order valence-electron chi connectivity index (χ3n) is 4.35. The molecule has 0 unspecified atom stereocenters. The molecule has 27 heavy (non-hydrogen) atoms. The van der Waals surface area contributed by atoms with Crippen LogP contribution in [0, 0.1) is 0 Å². The van der Waals surface area contributed by atoms with Crippen molar-refractivity contribution in [1.82, 2.24) is 14.9 Å². The van der Waals surface area contributed by atoms with E-state index in [-0.39, 0.29) is 16.6 Å². The lowest BCUT2D eigenvalue weighted by Crippen LogP contribution is -2.29. The summed E-state index contributed by atoms with van der Waals surface area (Å²) < 4.78 is 11.1. The maximum absolute atomic E-state index is 12.9. The van der Waals surface area contributed by atoms with Crippen molar-refractivity contribution in [2.24, 2.45) is 0 Å². The zero-order chi connectivity index (χ0) is 19.4. The molecule has 0 spiro atoms. The van der Waals surface area contributed by atoms with Gasteiger partial charge in [0.25, 0.3) is 5.91 Å². The van der Waals surface area contributed by atoms with Gasteiger partial charge < -0.3 is 19.3 Å². The fourth-order valence-electron chi connectivity index (χ4n) is 2.88. The first-order valence-corrected chi connectivity index (χ1v) is 9.32. The number of anilines is 1. The van der Waals surface area contributed by atoms with Gasteiger partial charge in [-0.2, -0.15) is 0 Å². The Bertz CT molecular complexity index is 827. The van der Waals surface area contributed by atoms with Crippen LogP contribution in [0.15, 0.2) is 24.4 Å². The summed E-state index contributed by atoms with van der Waals surface area (Å²) in [6, 6.07) is 5.67. The molecule has 0 atom stereocenters. The van der Waals surface area contributed by atoms with E-state index in [1.54, 1.807) is 11.9 Å². The number of aromatic nitrogens is 2. The molecule has 3 rings (SSSR count). The number of carbonyl (C=O) groups is 1. The molecule has 0 bridgehead atoms. The minimum atomic E-state index is -0.259. The number of carbonyl (C=O) groups excluding carboxylic acids is 1. The average molecular weight is 391 g/mol. The highest BCUT2D eigenvalue weighted by atomic mass is 35.5. The van der Waals surface area contributed by atoms with Crippen molar-refractivity contribution in [2.75, 3.05) is 38.3 Å². The molecule has 0 saturated carbocycles. The third kappa shape index (κ3) is 4.24. The fourth-order valence-corrected chi connectivity index (χ4v) is 3.05. The van der Waals surface area contributed by atoms with Crippen LogP contribution in [0.25, 0.3) is 0 Å². The molecule has 0 saturated heterocycles. The summed E-state index contributed by atoms with van der Waals surface area (Å²) in [5.74, 6) is 1.66. The van der Waals surface area contributed by atoms with E-state index in [0.717, 1.165) is 24.4 Å². The average Bonchev–Trinajstić information content (AvgIpc) is 2.69. The van der Waals surface area contributed by atoms with Gasteiger partial charge in [0.2, 0.25) is 5.95 Å². The van der Waals surface area contributed by atoms with Crippen LogP contribution >= 0.6 is 11.6 Å². The Morgan fingerprint density at radius 2 is 1.89 bits per heavy atom. The van der Waals surface area contributed by atoms with E-state index in [1.165, 1.54) is 6.20 Å². The second-order valence-electron chi connectivity index (χ2n) is 6.18. The summed E-state index contributed by atoms with van der Waals surface area (Å²) in [7, 11) is 1.72. The summed E-state index contributed by atoms with van der Waals surface area (Å²) in [5.41, 5.74) is 1.14. The largest absolute Gasteiger partial charge is 0.486 e. The maximum atomic E-state index is 12.9. The van der Waals surface area contributed by atoms with Crippen LogP contribution in [0.5, 0.6) is 11.5 Å². The summed E-state index contributed by atoms with van der Waals surface area (Å²) in [5, 5.41) is 0.241. The van der Waals surface area contributed by atoms with Crippen LogP contribution in [-0.2, 0) is 6.54 Å². The molecule has 7 nitrogen and oxygen atoms in total. The number of ether oxygens (including phenoxy) is 2. The zero-order valence-electron chi connectivity index (χ0n) is 15.7. The van der Waals surface area contributed by atoms with Gasteiger partial charge in [-0.3, -0.25) is 4.79 Å². The van der Waals surface area contributed by atoms with Gasteiger partial charge in [0.1, 0.15) is 13.2 Å². The van der Waals surface area contributed by atoms with Crippen molar-refractivity contribution in [3.8, 4) is 11.5 Å². The van der Waals surface area contributed by atoms with Crippen molar-refractivity contribution in [3.63, 3.8) is 0 Å². The molecule has 1 aromatic carbocycles. The van der Waals surface area contributed by atoms with Crippen molar-refractivity contribution in [3.05, 3.63) is 40.7 Å². The van der Waals surface area contributed by atoms with Crippen LogP contribution in [0.3, 0.4) is 0 Å². The van der Waals surface area contributed by atoms with Crippen LogP contribution < -0.4 is 14.4 Å². The van der Waals surface area contributed by atoms with Gasteiger partial charge in [-0.25, -0.2) is 9.97 Å². The Kier molecular flexibility index (Phi) is 6.01. The lowest BCUT2D eigenvalue weighted by Gasteiger charge is -2.22. The Morgan fingerprint density at radius 3 is 2.59 bits per heavy atom. The van der Waals surface area contributed by atoms with Crippen LogP contribution in [0.2, 0.25) is 5.02 Å². The quantitative estimate of drug-likeness (QED) is 0.755. The van der Waals surface area contributed by atoms with Crippen LogP contribution in [0.1, 0.15) is 29.9 Å². The lowest BCUT2D eigenvalue weighted by atomic mass is 10.1. The topological polar surface area (TPSA) is 67.8 Å². The lowest BCUT2D eigenvalue weighted by molar-refractivity contribution is 0.0779. The van der Waals surface area contributed by atoms with E-state index in [2.05, 4.69) is 9.97 Å². The summed E-state index contributed by atoms with van der Waals surface area (Å²) in [6.07, 6.45) is 1.48. The summed E-state index contributed by atoms with van der Waals surface area (Å²) in [6.45, 7) is 6.99. The predicted octanol–water partition coefficient (Wildman–Crippen LogP) is 3.02. The highest BCUT2D eigenvalue weighted by Gasteiger charge is 2.21. The van der Waals surface area contributed by atoms with Gasteiger partial charge >= 0.3 is 0 Å². The minimum Gasteiger partial charge on any atom is -0.486 e. The second kappa shape index (κ2) is 8.43. The summed E-state index contributed by atoms with van der Waals surface area (Å²) >= 11 is 6.20. The van der Waals surface area contributed by atoms with Crippen molar-refractivity contribution in [1.29, 1.82) is 0 Å². The summed E-state index contributed by atoms with van der Waals surface area (Å²) in [4.78, 5) is 25.1. The number of benzene rings is 1. The van der Waals surface area contributed by atoms with Crippen LogP contribution in [-0.4, -0.2) is 54.1 Å². The Labute approximate surface area is 163 Å². The van der Waals surface area contributed by atoms with Gasteiger partial charge in [-0.05, 0) is 31.5 Å². The van der Waals surface area contributed by atoms with Crippen molar-refractivity contribution >= 4 is 23.5 Å². The Hall–Kier alpha value is -2.54. The number of nitrogens with zero attached hydrogens (tertiary/aromatic N) is 4. The number of rotatable bonds is 6. The number of hydrogen-bond acceptors (Lipinski definition) is 6. The van der Waals surface area contributed by atoms with Gasteiger partial charge in [0, 0.05) is 26.7 Å². The standard InChI is InChI=1S/C19H23ClN4O3/c1-4-24(5-2)19-21-11-14(20)17(22-19)18(25)23(3)12-13-6-7-15-16(10-13)27-9-8-26-15/h6-7,10-11H,4-5,8-9,12H2,1-3H3. The fraction of sp³-hybridized carbons (Fsp3) is 0.421. The molecule has 0 aliphatic carbocycles. The van der Waals surface area contributed by atoms with Gasteiger partial charge in [0.15, 0.2) is 17.2 Å². The van der Waals surface area contributed by atoms with Gasteiger partial charge in [-0.1, -0.05) is 17.7 Å². The number of halogens is 1. The molecule has 1 aromatic heterocycles. The number of fused-ring (bicyclic) bond motifs is 1. The number of amides is 1. The molecule has 2 aromatic rings. The van der Waals surface area contributed by atoms with Gasteiger partial charge in [0.05, 0.1) is 11.2 Å². The SMILES string of the molecule is CCN(CC)c1ncc(Cl)c(C(=O)N(C)Cc2ccc3c(c2)OCCO3)n1. The molecular weight excluding hydrogens is 368 g/mol. The Balaban J connectivity index is 1.78. The van der Waals surface area contributed by atoms with E-state index >= 15 is 0 Å². The monoisotopic (exact) mass is 390 g/mol. The highest BCUT2D eigenvalue weighted by molar-refractivity contribution is 6.33. The predicted molar refractivity (Wildman–Crippen MR) is 104 cm³/mol. The molecule has 1 amide bonds. The second-order valence-corrected chi connectivity index (χ2v) is 6.59. The molecular formula is C19H23ClN4O3. The normalized spacial score (nSPS) is 12.6. The van der Waals surface area contributed by atoms with E-state index in [4.69, 9.17) is 21.1 Å². The van der Waals surface area contributed by atoms with Gasteiger partial charge in [-0.15, -0.1) is 0 Å². The minimum absolute atomic E-state index is 0.202. The number of hydrogen-bond donors (Lipinski definition) is 0. The first kappa shape index (κ1) is 19.2. The van der Waals surface area contributed by atoms with Crippen LogP contribution in [0.4, 0.5) is 5.95 Å². The van der Waals surface area contributed by atoms with E-state index < -0.39 is 0 Å². The molecule has 144 valence electrons. The maximum Gasteiger partial charge on any atom is 0.274 e. The molecule has 0 fully saturated rings. The Morgan fingerprint density at radius 1 is 1.19 bits per heavy atom. The third-order valence-corrected chi connectivity index (χ3v) is 4.63. The van der Waals surface area contributed by atoms with E-state index in [9.17, 15) is 4.79 Å². The molecule has 2 heterocycles. The van der Waals surface area contributed by atoms with Crippen molar-refractivity contribution in [2.45, 2.75) is 20.4 Å². The molecule has 0 N–H and O–H groups in total. The zero-order valence-corrected chi connectivity index (χ0v) is 16.5. The first-order valence-electron chi connectivity index (χ1n) is 8.95. The molecule has 8 heteroatoms. The van der Waals surface area contributed by atoms with E-state index in [1.807, 2.05) is 36.9 Å². The molecule has 1 aliphatic rings. The van der Waals surface area contributed by atoms with Crippen molar-refractivity contribution < 1.29 is 14.3 Å². The smallest absolute Gasteiger partial charge is 0.274 e. The first-order chi connectivity index (χ1) is 13.0.